The number of thioether (sulfide) groups is 1. The van der Waals surface area contributed by atoms with Crippen molar-refractivity contribution in [3.63, 3.8) is 0 Å². The van der Waals surface area contributed by atoms with Crippen LogP contribution in [0.15, 0.2) is 18.2 Å². The first-order valence-electron chi connectivity index (χ1n) is 5.98. The van der Waals surface area contributed by atoms with Gasteiger partial charge in [0.1, 0.15) is 0 Å². The Morgan fingerprint density at radius 1 is 1.47 bits per heavy atom. The summed E-state index contributed by atoms with van der Waals surface area (Å²) in [6, 6.07) is 3.73. The fraction of sp³-hybridized carbons (Fsp3) is 0.500. The Bertz CT molecular complexity index is 465. The number of nitrogens with zero attached hydrogens (tertiary/aromatic N) is 1. The van der Waals surface area contributed by atoms with Crippen molar-refractivity contribution in [2.45, 2.75) is 25.3 Å². The standard InChI is InChI=1S/C12H14F2N2O2S/c13-12(14)10-6-9(16(17)18)3-4-11(10)15-8-2-1-5-19-7-8/h3-4,6,8,12,15H,1-2,5,7H2. The molecule has 7 heteroatoms. The molecule has 1 aliphatic rings. The number of hydrogen-bond donors (Lipinski definition) is 1. The lowest BCUT2D eigenvalue weighted by atomic mass is 10.1. The lowest BCUT2D eigenvalue weighted by Gasteiger charge is -2.24. The summed E-state index contributed by atoms with van der Waals surface area (Å²) in [6.45, 7) is 0. The molecule has 2 rings (SSSR count). The number of nitrogens with one attached hydrogen (secondary N) is 1. The van der Waals surface area contributed by atoms with Crippen LogP contribution in [0.25, 0.3) is 0 Å². The van der Waals surface area contributed by atoms with Gasteiger partial charge in [-0.1, -0.05) is 0 Å². The van der Waals surface area contributed by atoms with Gasteiger partial charge in [-0.25, -0.2) is 8.78 Å². The van der Waals surface area contributed by atoms with Crippen molar-refractivity contribution in [3.8, 4) is 0 Å². The summed E-state index contributed by atoms with van der Waals surface area (Å²) >= 11 is 1.79. The molecule has 0 aromatic heterocycles. The SMILES string of the molecule is O=[N+]([O-])c1ccc(NC2CCCSC2)c(C(F)F)c1. The normalized spacial score (nSPS) is 19.4. The maximum Gasteiger partial charge on any atom is 0.270 e. The van der Waals surface area contributed by atoms with Crippen LogP contribution >= 0.6 is 11.8 Å². The van der Waals surface area contributed by atoms with Crippen molar-refractivity contribution in [1.82, 2.24) is 0 Å². The van der Waals surface area contributed by atoms with Crippen molar-refractivity contribution in [3.05, 3.63) is 33.9 Å². The molecule has 1 aliphatic heterocycles. The Hall–Kier alpha value is -1.37. The van der Waals surface area contributed by atoms with E-state index < -0.39 is 11.3 Å². The highest BCUT2D eigenvalue weighted by Gasteiger charge is 2.21. The Balaban J connectivity index is 2.20. The van der Waals surface area contributed by atoms with Crippen molar-refractivity contribution in [1.29, 1.82) is 0 Å². The van der Waals surface area contributed by atoms with Gasteiger partial charge in [0.2, 0.25) is 0 Å². The highest BCUT2D eigenvalue weighted by Crippen LogP contribution is 2.32. The molecule has 19 heavy (non-hydrogen) atoms. The Morgan fingerprint density at radius 3 is 2.84 bits per heavy atom. The minimum absolute atomic E-state index is 0.151. The van der Waals surface area contributed by atoms with Crippen LogP contribution in [-0.4, -0.2) is 22.5 Å². The molecule has 1 aromatic carbocycles. The number of nitro groups is 1. The van der Waals surface area contributed by atoms with Gasteiger partial charge in [0.05, 0.1) is 4.92 Å². The first-order valence-corrected chi connectivity index (χ1v) is 7.14. The highest BCUT2D eigenvalue weighted by atomic mass is 32.2. The Morgan fingerprint density at radius 2 is 2.26 bits per heavy atom. The summed E-state index contributed by atoms with van der Waals surface area (Å²) in [7, 11) is 0. The van der Waals surface area contributed by atoms with Crippen LogP contribution in [0, 0.1) is 10.1 Å². The average Bonchev–Trinajstić information content (AvgIpc) is 2.39. The van der Waals surface area contributed by atoms with E-state index in [1.165, 1.54) is 12.1 Å². The molecule has 0 bridgehead atoms. The summed E-state index contributed by atoms with van der Waals surface area (Å²) in [4.78, 5) is 9.95. The lowest BCUT2D eigenvalue weighted by molar-refractivity contribution is -0.385. The molecule has 1 fully saturated rings. The van der Waals surface area contributed by atoms with E-state index in [2.05, 4.69) is 5.32 Å². The molecule has 1 N–H and O–H groups in total. The summed E-state index contributed by atoms with van der Waals surface area (Å²) in [5, 5.41) is 13.7. The first-order chi connectivity index (χ1) is 9.08. The number of alkyl halides is 2. The van der Waals surface area contributed by atoms with Gasteiger partial charge in [0.15, 0.2) is 0 Å². The van der Waals surface area contributed by atoms with Gasteiger partial charge in [-0.2, -0.15) is 11.8 Å². The second-order valence-corrected chi connectivity index (χ2v) is 5.54. The average molecular weight is 288 g/mol. The summed E-state index contributed by atoms with van der Waals surface area (Å²) < 4.78 is 25.9. The molecule has 1 heterocycles. The van der Waals surface area contributed by atoms with Crippen LogP contribution in [0.2, 0.25) is 0 Å². The van der Waals surface area contributed by atoms with Crippen LogP contribution in [0.3, 0.4) is 0 Å². The Labute approximate surface area is 113 Å². The first kappa shape index (κ1) is 14.0. The van der Waals surface area contributed by atoms with Crippen molar-refractivity contribution >= 4 is 23.1 Å². The van der Waals surface area contributed by atoms with Gasteiger partial charge >= 0.3 is 0 Å². The zero-order valence-corrected chi connectivity index (χ0v) is 11.0. The zero-order chi connectivity index (χ0) is 13.8. The molecule has 0 aliphatic carbocycles. The monoisotopic (exact) mass is 288 g/mol. The number of nitro benzene ring substituents is 1. The van der Waals surface area contributed by atoms with E-state index in [4.69, 9.17) is 0 Å². The number of halogens is 2. The molecule has 4 nitrogen and oxygen atoms in total. The summed E-state index contributed by atoms with van der Waals surface area (Å²) in [5.74, 6) is 1.97. The van der Waals surface area contributed by atoms with Gasteiger partial charge in [0, 0.05) is 35.2 Å². The molecule has 0 radical (unpaired) electrons. The van der Waals surface area contributed by atoms with Gasteiger partial charge in [-0.15, -0.1) is 0 Å². The van der Waals surface area contributed by atoms with Crippen LogP contribution in [0.5, 0.6) is 0 Å². The third-order valence-electron chi connectivity index (χ3n) is 3.00. The van der Waals surface area contributed by atoms with E-state index in [0.29, 0.717) is 5.69 Å². The number of anilines is 1. The predicted octanol–water partition coefficient (Wildman–Crippen LogP) is 3.84. The number of rotatable bonds is 4. The maximum absolute atomic E-state index is 13.0. The fourth-order valence-electron chi connectivity index (χ4n) is 2.05. The molecular formula is C12H14F2N2O2S. The van der Waals surface area contributed by atoms with Gasteiger partial charge in [-0.3, -0.25) is 10.1 Å². The molecule has 1 unspecified atom stereocenters. The molecule has 0 amide bonds. The van der Waals surface area contributed by atoms with Crippen LogP contribution in [0.1, 0.15) is 24.8 Å². The van der Waals surface area contributed by atoms with E-state index in [0.717, 1.165) is 30.4 Å². The summed E-state index contributed by atoms with van der Waals surface area (Å²) in [5.41, 5.74) is -0.309. The van der Waals surface area contributed by atoms with E-state index in [1.54, 1.807) is 11.8 Å². The molecule has 104 valence electrons. The topological polar surface area (TPSA) is 55.2 Å². The second kappa shape index (κ2) is 6.18. The lowest BCUT2D eigenvalue weighted by Crippen LogP contribution is -2.26. The quantitative estimate of drug-likeness (QED) is 0.675. The molecule has 1 aromatic rings. The number of benzene rings is 1. The second-order valence-electron chi connectivity index (χ2n) is 4.39. The molecule has 0 saturated carbocycles. The fourth-order valence-corrected chi connectivity index (χ4v) is 3.12. The third-order valence-corrected chi connectivity index (χ3v) is 4.22. The maximum atomic E-state index is 13.0. The van der Waals surface area contributed by atoms with E-state index in [9.17, 15) is 18.9 Å². The number of non-ortho nitro benzene ring substituents is 1. The van der Waals surface area contributed by atoms with E-state index in [-0.39, 0.29) is 17.3 Å². The molecule has 0 spiro atoms. The summed E-state index contributed by atoms with van der Waals surface area (Å²) in [6.07, 6.45) is -0.731. The minimum atomic E-state index is -2.72. The van der Waals surface area contributed by atoms with Crippen LogP contribution in [-0.2, 0) is 0 Å². The smallest absolute Gasteiger partial charge is 0.270 e. The third kappa shape index (κ3) is 3.56. The van der Waals surface area contributed by atoms with Gasteiger partial charge < -0.3 is 5.32 Å². The van der Waals surface area contributed by atoms with Crippen molar-refractivity contribution in [2.75, 3.05) is 16.8 Å². The molecular weight excluding hydrogens is 274 g/mol. The van der Waals surface area contributed by atoms with Crippen LogP contribution in [0.4, 0.5) is 20.2 Å². The van der Waals surface area contributed by atoms with Gasteiger partial charge in [-0.05, 0) is 24.7 Å². The molecule has 1 atom stereocenters. The predicted molar refractivity (Wildman–Crippen MR) is 72.0 cm³/mol. The van der Waals surface area contributed by atoms with E-state index in [1.807, 2.05) is 0 Å². The van der Waals surface area contributed by atoms with Crippen molar-refractivity contribution < 1.29 is 13.7 Å². The minimum Gasteiger partial charge on any atom is -0.381 e. The largest absolute Gasteiger partial charge is 0.381 e. The van der Waals surface area contributed by atoms with Gasteiger partial charge in [0.25, 0.3) is 12.1 Å². The van der Waals surface area contributed by atoms with Crippen LogP contribution < -0.4 is 5.32 Å². The Kier molecular flexibility index (Phi) is 4.57. The molecule has 1 saturated heterocycles. The van der Waals surface area contributed by atoms with Crippen molar-refractivity contribution in [2.24, 2.45) is 0 Å². The highest BCUT2D eigenvalue weighted by molar-refractivity contribution is 7.99. The number of hydrogen-bond acceptors (Lipinski definition) is 4. The zero-order valence-electron chi connectivity index (χ0n) is 10.1. The van der Waals surface area contributed by atoms with E-state index >= 15 is 0 Å².